The number of esters is 1. The number of carbonyl (C=O) groups is 3. The van der Waals surface area contributed by atoms with E-state index < -0.39 is 5.97 Å². The quantitative estimate of drug-likeness (QED) is 0.0553. The van der Waals surface area contributed by atoms with Crippen molar-refractivity contribution in [3.63, 3.8) is 0 Å². The third-order valence-electron chi connectivity index (χ3n) is 6.70. The molecule has 1 atom stereocenters. The van der Waals surface area contributed by atoms with Crippen LogP contribution in [0.5, 0.6) is 0 Å². The lowest BCUT2D eigenvalue weighted by atomic mass is 10.1. The maximum atomic E-state index is 12.5. The Hall–Kier alpha value is -2.63. The predicted octanol–water partition coefficient (Wildman–Crippen LogP) is 9.17. The molecule has 41 heavy (non-hydrogen) atoms. The summed E-state index contributed by atoms with van der Waals surface area (Å²) in [5, 5.41) is 11.0. The number of carbonyl (C=O) groups excluding carboxylic acids is 2. The highest BCUT2D eigenvalue weighted by atomic mass is 16.5. The van der Waals surface area contributed by atoms with Gasteiger partial charge in [-0.2, -0.15) is 0 Å². The first-order valence-electron chi connectivity index (χ1n) is 16.3. The number of hydrogen-bond donors (Lipinski definition) is 2. The first kappa shape index (κ1) is 38.4. The molecule has 1 unspecified atom stereocenters. The molecule has 1 amide bonds. The summed E-state index contributed by atoms with van der Waals surface area (Å²) >= 11 is 0. The van der Waals surface area contributed by atoms with Crippen LogP contribution in [-0.4, -0.2) is 35.6 Å². The standard InChI is InChI=1S/C35H59NO5/c1-3-5-7-9-11-13-14-16-22-26-30-35(40)41-32(27-23-19-15-12-10-8-6-4-2)28-24-20-17-18-21-25-29-33(37)36-31-34(38)39/h6-9,12,15,23,27,32H,3-5,10-11,13-14,16-22,24-26,28-31H2,1-2H3,(H,36,37)(H,38,39)/b8-6-,9-7-,15-12-,27-23-. The fourth-order valence-corrected chi connectivity index (χ4v) is 4.33. The zero-order valence-electron chi connectivity index (χ0n) is 26.1. The van der Waals surface area contributed by atoms with Crippen LogP contribution in [0.3, 0.4) is 0 Å². The Balaban J connectivity index is 4.28. The minimum Gasteiger partial charge on any atom is -0.480 e. The first-order valence-corrected chi connectivity index (χ1v) is 16.3. The van der Waals surface area contributed by atoms with Gasteiger partial charge >= 0.3 is 11.9 Å². The van der Waals surface area contributed by atoms with E-state index >= 15 is 0 Å². The van der Waals surface area contributed by atoms with Gasteiger partial charge in [0, 0.05) is 12.8 Å². The van der Waals surface area contributed by atoms with Gasteiger partial charge in [0.2, 0.25) is 5.91 Å². The van der Waals surface area contributed by atoms with Crippen LogP contribution in [0.2, 0.25) is 0 Å². The molecular weight excluding hydrogens is 514 g/mol. The van der Waals surface area contributed by atoms with E-state index in [0.717, 1.165) is 83.5 Å². The lowest BCUT2D eigenvalue weighted by Crippen LogP contribution is -2.28. The van der Waals surface area contributed by atoms with Crippen LogP contribution in [0.4, 0.5) is 0 Å². The summed E-state index contributed by atoms with van der Waals surface area (Å²) in [5.41, 5.74) is 0. The van der Waals surface area contributed by atoms with Crippen LogP contribution < -0.4 is 5.32 Å². The number of carboxylic acids is 1. The normalized spacial score (nSPS) is 12.6. The highest BCUT2D eigenvalue weighted by Crippen LogP contribution is 2.15. The van der Waals surface area contributed by atoms with Crippen molar-refractivity contribution in [2.24, 2.45) is 0 Å². The molecule has 6 nitrogen and oxygen atoms in total. The molecule has 6 heteroatoms. The molecular formula is C35H59NO5. The second-order valence-electron chi connectivity index (χ2n) is 10.7. The van der Waals surface area contributed by atoms with E-state index in [2.05, 4.69) is 61.7 Å². The summed E-state index contributed by atoms with van der Waals surface area (Å²) in [6, 6.07) is 0. The number of ether oxygens (including phenoxy) is 1. The summed E-state index contributed by atoms with van der Waals surface area (Å²) < 4.78 is 5.85. The molecule has 0 aromatic heterocycles. The number of unbranched alkanes of at least 4 members (excludes halogenated alkanes) is 11. The molecule has 0 bridgehead atoms. The monoisotopic (exact) mass is 573 g/mol. The van der Waals surface area contributed by atoms with E-state index in [0.29, 0.717) is 12.8 Å². The van der Waals surface area contributed by atoms with Gasteiger partial charge in [-0.15, -0.1) is 0 Å². The zero-order chi connectivity index (χ0) is 30.2. The second kappa shape index (κ2) is 30.3. The lowest BCUT2D eigenvalue weighted by molar-refractivity contribution is -0.147. The smallest absolute Gasteiger partial charge is 0.322 e. The van der Waals surface area contributed by atoms with E-state index in [4.69, 9.17) is 9.84 Å². The maximum absolute atomic E-state index is 12.5. The average Bonchev–Trinajstić information content (AvgIpc) is 2.95. The zero-order valence-corrected chi connectivity index (χ0v) is 26.1. The number of rotatable bonds is 28. The Morgan fingerprint density at radius 3 is 1.95 bits per heavy atom. The molecule has 0 aliphatic heterocycles. The number of carboxylic acid groups (broad SMARTS) is 1. The molecule has 2 N–H and O–H groups in total. The molecule has 234 valence electrons. The van der Waals surface area contributed by atoms with Crippen molar-refractivity contribution in [2.45, 2.75) is 148 Å². The van der Waals surface area contributed by atoms with Gasteiger partial charge in [-0.3, -0.25) is 14.4 Å². The number of aliphatic carboxylic acids is 1. The minimum absolute atomic E-state index is 0.0939. The molecule has 0 radical (unpaired) electrons. The fraction of sp³-hybridized carbons (Fsp3) is 0.686. The van der Waals surface area contributed by atoms with Crippen LogP contribution in [-0.2, 0) is 19.1 Å². The van der Waals surface area contributed by atoms with Crippen molar-refractivity contribution in [2.75, 3.05) is 6.54 Å². The summed E-state index contributed by atoms with van der Waals surface area (Å²) in [7, 11) is 0. The van der Waals surface area contributed by atoms with Crippen LogP contribution >= 0.6 is 0 Å². The molecule has 0 saturated heterocycles. The molecule has 0 fully saturated rings. The summed E-state index contributed by atoms with van der Waals surface area (Å²) in [6.07, 6.45) is 36.7. The molecule has 0 aliphatic carbocycles. The van der Waals surface area contributed by atoms with Gasteiger partial charge in [0.25, 0.3) is 0 Å². The summed E-state index contributed by atoms with van der Waals surface area (Å²) in [5.74, 6) is -1.32. The van der Waals surface area contributed by atoms with Gasteiger partial charge in [0.1, 0.15) is 12.6 Å². The maximum Gasteiger partial charge on any atom is 0.322 e. The predicted molar refractivity (Wildman–Crippen MR) is 171 cm³/mol. The van der Waals surface area contributed by atoms with Gasteiger partial charge in [-0.25, -0.2) is 0 Å². The van der Waals surface area contributed by atoms with Crippen molar-refractivity contribution in [3.8, 4) is 0 Å². The van der Waals surface area contributed by atoms with Gasteiger partial charge in [-0.1, -0.05) is 108 Å². The number of allylic oxidation sites excluding steroid dienone is 7. The fourth-order valence-electron chi connectivity index (χ4n) is 4.33. The lowest BCUT2D eigenvalue weighted by Gasteiger charge is -2.14. The molecule has 0 heterocycles. The third-order valence-corrected chi connectivity index (χ3v) is 6.70. The van der Waals surface area contributed by atoms with Crippen LogP contribution in [0.15, 0.2) is 48.6 Å². The Bertz CT molecular complexity index is 769. The highest BCUT2D eigenvalue weighted by molar-refractivity contribution is 5.80. The third kappa shape index (κ3) is 30.2. The van der Waals surface area contributed by atoms with Crippen molar-refractivity contribution >= 4 is 17.8 Å². The Morgan fingerprint density at radius 2 is 1.27 bits per heavy atom. The first-order chi connectivity index (χ1) is 20.0. The van der Waals surface area contributed by atoms with E-state index in [1.165, 1.54) is 32.1 Å². The molecule has 0 spiro atoms. The van der Waals surface area contributed by atoms with Crippen molar-refractivity contribution in [3.05, 3.63) is 48.6 Å². The highest BCUT2D eigenvalue weighted by Gasteiger charge is 2.11. The van der Waals surface area contributed by atoms with Gasteiger partial charge in [0.15, 0.2) is 0 Å². The minimum atomic E-state index is -1.02. The van der Waals surface area contributed by atoms with E-state index in [-0.39, 0.29) is 24.5 Å². The molecule has 0 aliphatic rings. The number of nitrogens with one attached hydrogen (secondary N) is 1. The van der Waals surface area contributed by atoms with Crippen LogP contribution in [0, 0.1) is 0 Å². The molecule has 0 aromatic rings. The molecule has 0 rings (SSSR count). The number of hydrogen-bond acceptors (Lipinski definition) is 4. The van der Waals surface area contributed by atoms with E-state index in [9.17, 15) is 14.4 Å². The van der Waals surface area contributed by atoms with Crippen molar-refractivity contribution < 1.29 is 24.2 Å². The topological polar surface area (TPSA) is 92.7 Å². The Morgan fingerprint density at radius 1 is 0.683 bits per heavy atom. The summed E-state index contributed by atoms with van der Waals surface area (Å²) in [4.78, 5) is 34.6. The molecule has 0 aromatic carbocycles. The van der Waals surface area contributed by atoms with E-state index in [1.807, 2.05) is 6.08 Å². The van der Waals surface area contributed by atoms with Gasteiger partial charge in [0.05, 0.1) is 0 Å². The van der Waals surface area contributed by atoms with Crippen molar-refractivity contribution in [1.82, 2.24) is 5.32 Å². The second-order valence-corrected chi connectivity index (χ2v) is 10.7. The SMILES string of the molecule is CC/C=C\C/C=C\C/C=C\C(CCCCCCCCC(=O)NCC(=O)O)OC(=O)CCCCCCC/C=C\CCC. The van der Waals surface area contributed by atoms with Gasteiger partial charge < -0.3 is 15.2 Å². The Labute approximate surface area is 250 Å². The van der Waals surface area contributed by atoms with E-state index in [1.54, 1.807) is 0 Å². The number of amides is 1. The van der Waals surface area contributed by atoms with Crippen molar-refractivity contribution in [1.29, 1.82) is 0 Å². The summed E-state index contributed by atoms with van der Waals surface area (Å²) in [6.45, 7) is 4.01. The largest absolute Gasteiger partial charge is 0.480 e. The average molecular weight is 574 g/mol. The van der Waals surface area contributed by atoms with Gasteiger partial charge in [-0.05, 0) is 70.3 Å². The molecule has 0 saturated carbocycles. The van der Waals surface area contributed by atoms with Crippen LogP contribution in [0.25, 0.3) is 0 Å². The van der Waals surface area contributed by atoms with Crippen LogP contribution in [0.1, 0.15) is 142 Å². The Kier molecular flexibility index (Phi) is 28.4.